The zero-order valence-corrected chi connectivity index (χ0v) is 15.2. The molecule has 8 nitrogen and oxygen atoms in total. The molecule has 0 aliphatic rings. The summed E-state index contributed by atoms with van der Waals surface area (Å²) in [6, 6.07) is 1.92. The van der Waals surface area contributed by atoms with E-state index in [1.54, 1.807) is 18.4 Å². The quantitative estimate of drug-likeness (QED) is 0.666. The fourth-order valence-electron chi connectivity index (χ4n) is 2.68. The Morgan fingerprint density at radius 1 is 1.23 bits per heavy atom. The highest BCUT2D eigenvalue weighted by Gasteiger charge is 2.08. The summed E-state index contributed by atoms with van der Waals surface area (Å²) < 4.78 is 3.10. The highest BCUT2D eigenvalue weighted by Crippen LogP contribution is 2.06. The van der Waals surface area contributed by atoms with Crippen LogP contribution in [0.5, 0.6) is 0 Å². The van der Waals surface area contributed by atoms with Gasteiger partial charge in [-0.2, -0.15) is 5.10 Å². The molecule has 0 spiro atoms. The van der Waals surface area contributed by atoms with Crippen molar-refractivity contribution in [3.05, 3.63) is 57.7 Å². The van der Waals surface area contributed by atoms with Crippen LogP contribution in [0.25, 0.3) is 5.65 Å². The third-order valence-electron chi connectivity index (χ3n) is 4.28. The van der Waals surface area contributed by atoms with Gasteiger partial charge in [0.1, 0.15) is 6.54 Å². The second kappa shape index (κ2) is 7.47. The van der Waals surface area contributed by atoms with E-state index >= 15 is 0 Å². The predicted molar refractivity (Wildman–Crippen MR) is 97.0 cm³/mol. The Kier molecular flexibility index (Phi) is 5.11. The molecule has 3 aromatic rings. The number of rotatable bonds is 6. The number of nitrogens with zero attached hydrogens (tertiary/aromatic N) is 5. The van der Waals surface area contributed by atoms with Crippen molar-refractivity contribution in [1.29, 1.82) is 0 Å². The molecule has 0 saturated carbocycles. The van der Waals surface area contributed by atoms with Crippen molar-refractivity contribution < 1.29 is 4.79 Å². The first kappa shape index (κ1) is 17.8. The molecule has 26 heavy (non-hydrogen) atoms. The average molecular weight is 354 g/mol. The number of carbonyl (C=O) groups excluding carboxylic acids is 1. The molecule has 0 radical (unpaired) electrons. The van der Waals surface area contributed by atoms with Gasteiger partial charge < -0.3 is 5.32 Å². The van der Waals surface area contributed by atoms with Crippen molar-refractivity contribution in [2.24, 2.45) is 0 Å². The lowest BCUT2D eigenvalue weighted by Crippen LogP contribution is -2.34. The first-order valence-electron chi connectivity index (χ1n) is 8.54. The van der Waals surface area contributed by atoms with Crippen LogP contribution in [0.15, 0.2) is 29.6 Å². The summed E-state index contributed by atoms with van der Waals surface area (Å²) in [6.07, 6.45) is 6.76. The maximum atomic E-state index is 12.1. The molecule has 0 atom stereocenters. The second-order valence-electron chi connectivity index (χ2n) is 6.39. The standard InChI is InChI=1S/C18H22N6O2/c1-12-7-16-20-8-15(9-24(16)22-12)5-4-6-19-17(25)10-23-11-21-14(3)13(2)18(23)26/h7-9,11H,4-6,10H2,1-3H3,(H,19,25). The van der Waals surface area contributed by atoms with E-state index in [2.05, 4.69) is 20.4 Å². The molecule has 0 fully saturated rings. The molecular weight excluding hydrogens is 332 g/mol. The van der Waals surface area contributed by atoms with E-state index in [1.807, 2.05) is 25.4 Å². The number of aromatic nitrogens is 5. The fourth-order valence-corrected chi connectivity index (χ4v) is 2.68. The monoisotopic (exact) mass is 354 g/mol. The highest BCUT2D eigenvalue weighted by molar-refractivity contribution is 5.75. The van der Waals surface area contributed by atoms with Gasteiger partial charge in [-0.25, -0.2) is 14.5 Å². The van der Waals surface area contributed by atoms with Gasteiger partial charge in [0.25, 0.3) is 5.56 Å². The van der Waals surface area contributed by atoms with Crippen LogP contribution in [0.4, 0.5) is 0 Å². The molecule has 3 heterocycles. The lowest BCUT2D eigenvalue weighted by atomic mass is 10.2. The van der Waals surface area contributed by atoms with Crippen LogP contribution in [0.1, 0.15) is 28.9 Å². The average Bonchev–Trinajstić information content (AvgIpc) is 2.98. The van der Waals surface area contributed by atoms with Crippen molar-refractivity contribution in [2.75, 3.05) is 6.54 Å². The topological polar surface area (TPSA) is 94.2 Å². The fraction of sp³-hybridized carbons (Fsp3) is 0.389. The normalized spacial score (nSPS) is 11.0. The minimum Gasteiger partial charge on any atom is -0.355 e. The zero-order valence-electron chi connectivity index (χ0n) is 15.2. The van der Waals surface area contributed by atoms with Crippen molar-refractivity contribution in [2.45, 2.75) is 40.2 Å². The van der Waals surface area contributed by atoms with Gasteiger partial charge in [0.05, 0.1) is 12.0 Å². The van der Waals surface area contributed by atoms with Gasteiger partial charge in [0.15, 0.2) is 5.65 Å². The number of fused-ring (bicyclic) bond motifs is 1. The summed E-state index contributed by atoms with van der Waals surface area (Å²) in [5.41, 5.74) is 3.89. The molecule has 0 bridgehead atoms. The van der Waals surface area contributed by atoms with E-state index < -0.39 is 0 Å². The Morgan fingerprint density at radius 3 is 2.85 bits per heavy atom. The van der Waals surface area contributed by atoms with Crippen LogP contribution in [-0.4, -0.2) is 36.6 Å². The summed E-state index contributed by atoms with van der Waals surface area (Å²) in [5, 5.41) is 7.18. The van der Waals surface area contributed by atoms with E-state index in [-0.39, 0.29) is 18.0 Å². The molecule has 136 valence electrons. The van der Waals surface area contributed by atoms with Crippen LogP contribution in [0.2, 0.25) is 0 Å². The van der Waals surface area contributed by atoms with Crippen LogP contribution in [0.3, 0.4) is 0 Å². The number of hydrogen-bond donors (Lipinski definition) is 1. The Hall–Kier alpha value is -3.03. The molecule has 0 aliphatic carbocycles. The van der Waals surface area contributed by atoms with Crippen molar-refractivity contribution in [3.63, 3.8) is 0 Å². The van der Waals surface area contributed by atoms with Gasteiger partial charge in [-0.3, -0.25) is 14.2 Å². The van der Waals surface area contributed by atoms with E-state index in [9.17, 15) is 9.59 Å². The van der Waals surface area contributed by atoms with Crippen LogP contribution >= 0.6 is 0 Å². The van der Waals surface area contributed by atoms with E-state index in [0.29, 0.717) is 17.8 Å². The summed E-state index contributed by atoms with van der Waals surface area (Å²) in [4.78, 5) is 32.6. The maximum absolute atomic E-state index is 12.1. The summed E-state index contributed by atoms with van der Waals surface area (Å²) >= 11 is 0. The number of carbonyl (C=O) groups is 1. The number of aryl methyl sites for hydroxylation is 3. The molecule has 0 aliphatic heterocycles. The van der Waals surface area contributed by atoms with Gasteiger partial charge in [-0.1, -0.05) is 0 Å². The van der Waals surface area contributed by atoms with Gasteiger partial charge in [0.2, 0.25) is 5.91 Å². The van der Waals surface area contributed by atoms with E-state index in [1.165, 1.54) is 10.9 Å². The molecule has 1 amide bonds. The minimum atomic E-state index is -0.201. The van der Waals surface area contributed by atoms with Crippen LogP contribution < -0.4 is 10.9 Å². The maximum Gasteiger partial charge on any atom is 0.256 e. The summed E-state index contributed by atoms with van der Waals surface area (Å²) in [7, 11) is 0. The zero-order chi connectivity index (χ0) is 18.7. The molecule has 3 rings (SSSR count). The smallest absolute Gasteiger partial charge is 0.256 e. The van der Waals surface area contributed by atoms with Crippen LogP contribution in [-0.2, 0) is 17.8 Å². The first-order chi connectivity index (χ1) is 12.4. The largest absolute Gasteiger partial charge is 0.355 e. The van der Waals surface area contributed by atoms with E-state index in [4.69, 9.17) is 0 Å². The molecule has 0 aromatic carbocycles. The van der Waals surface area contributed by atoms with Crippen molar-refractivity contribution in [3.8, 4) is 0 Å². The van der Waals surface area contributed by atoms with Crippen molar-refractivity contribution in [1.82, 2.24) is 29.5 Å². The summed E-state index contributed by atoms with van der Waals surface area (Å²) in [5.74, 6) is -0.201. The van der Waals surface area contributed by atoms with Gasteiger partial charge in [0, 0.05) is 36.3 Å². The number of amides is 1. The van der Waals surface area contributed by atoms with Gasteiger partial charge in [-0.05, 0) is 39.2 Å². The Labute approximate surface area is 150 Å². The third-order valence-corrected chi connectivity index (χ3v) is 4.28. The lowest BCUT2D eigenvalue weighted by Gasteiger charge is -2.08. The first-order valence-corrected chi connectivity index (χ1v) is 8.54. The molecule has 1 N–H and O–H groups in total. The summed E-state index contributed by atoms with van der Waals surface area (Å²) in [6.45, 7) is 5.93. The van der Waals surface area contributed by atoms with E-state index in [0.717, 1.165) is 29.7 Å². The van der Waals surface area contributed by atoms with Crippen molar-refractivity contribution >= 4 is 11.6 Å². The molecule has 0 unspecified atom stereocenters. The number of nitrogens with one attached hydrogen (secondary N) is 1. The molecule has 0 saturated heterocycles. The predicted octanol–water partition coefficient (Wildman–Crippen LogP) is 0.960. The Bertz CT molecular complexity index is 1000. The SMILES string of the molecule is Cc1cc2ncc(CCCNC(=O)Cn3cnc(C)c(C)c3=O)cn2n1. The highest BCUT2D eigenvalue weighted by atomic mass is 16.2. The van der Waals surface area contributed by atoms with Gasteiger partial charge >= 0.3 is 0 Å². The Balaban J connectivity index is 1.49. The van der Waals surface area contributed by atoms with Gasteiger partial charge in [-0.15, -0.1) is 0 Å². The third kappa shape index (κ3) is 3.96. The Morgan fingerprint density at radius 2 is 2.04 bits per heavy atom. The molecule has 3 aromatic heterocycles. The molecular formula is C18H22N6O2. The lowest BCUT2D eigenvalue weighted by molar-refractivity contribution is -0.121. The molecule has 8 heteroatoms. The second-order valence-corrected chi connectivity index (χ2v) is 6.39. The number of hydrogen-bond acceptors (Lipinski definition) is 5. The minimum absolute atomic E-state index is 0.0208. The van der Waals surface area contributed by atoms with Crippen LogP contribution in [0, 0.1) is 20.8 Å².